The summed E-state index contributed by atoms with van der Waals surface area (Å²) in [5, 5.41) is 2.22. The summed E-state index contributed by atoms with van der Waals surface area (Å²) in [6.07, 6.45) is 1.05. The lowest BCUT2D eigenvalue weighted by atomic mass is 10.00. The van der Waals surface area contributed by atoms with Crippen molar-refractivity contribution >= 4 is 22.5 Å². The summed E-state index contributed by atoms with van der Waals surface area (Å²) >= 11 is 6.34. The van der Waals surface area contributed by atoms with Crippen LogP contribution in [0.15, 0.2) is 36.4 Å². The minimum Gasteiger partial charge on any atom is -0.335 e. The number of fused-ring (bicyclic) bond motifs is 5. The van der Waals surface area contributed by atoms with Crippen LogP contribution >= 0.6 is 11.6 Å². The number of rotatable bonds is 1. The molecule has 0 unspecified atom stereocenters. The molecule has 0 radical (unpaired) electrons. The second-order valence-corrected chi connectivity index (χ2v) is 5.90. The van der Waals surface area contributed by atoms with Crippen LogP contribution in [0.4, 0.5) is 0 Å². The van der Waals surface area contributed by atoms with Gasteiger partial charge in [0.05, 0.1) is 11.2 Å². The molecule has 1 nitrogen and oxygen atoms in total. The number of halogens is 1. The number of benzene rings is 2. The summed E-state index contributed by atoms with van der Waals surface area (Å²) in [6, 6.07) is 12.9. The summed E-state index contributed by atoms with van der Waals surface area (Å²) in [5.41, 5.74) is 8.14. The Balaban J connectivity index is 2.18. The van der Waals surface area contributed by atoms with Gasteiger partial charge in [-0.2, -0.15) is 0 Å². The molecular formula is C18H16ClN. The predicted octanol–water partition coefficient (Wildman–Crippen LogP) is 5.19. The Bertz CT molecular complexity index is 842. The Morgan fingerprint density at radius 1 is 1.15 bits per heavy atom. The van der Waals surface area contributed by atoms with Gasteiger partial charge < -0.3 is 4.57 Å². The molecule has 2 aromatic carbocycles. The van der Waals surface area contributed by atoms with Crippen LogP contribution in [0.3, 0.4) is 0 Å². The van der Waals surface area contributed by atoms with Crippen LogP contribution in [0.2, 0.25) is 5.02 Å². The van der Waals surface area contributed by atoms with Crippen LogP contribution < -0.4 is 0 Å². The Morgan fingerprint density at radius 2 is 1.95 bits per heavy atom. The zero-order valence-electron chi connectivity index (χ0n) is 11.7. The Labute approximate surface area is 123 Å². The van der Waals surface area contributed by atoms with Crippen molar-refractivity contribution in [2.24, 2.45) is 0 Å². The largest absolute Gasteiger partial charge is 0.335 e. The molecule has 0 bridgehead atoms. The predicted molar refractivity (Wildman–Crippen MR) is 85.6 cm³/mol. The third-order valence-corrected chi connectivity index (χ3v) is 4.88. The molecule has 4 rings (SSSR count). The SMILES string of the molecule is CCc1c2n(c3c(C)c(Cl)ccc13)Cc1ccccc1-2. The van der Waals surface area contributed by atoms with Crippen molar-refractivity contribution in [3.05, 3.63) is 58.1 Å². The standard InChI is InChI=1S/C18H16ClN/c1-3-13-15-8-9-16(19)11(2)17(15)20-10-12-6-4-5-7-14(12)18(13)20/h4-9H,3,10H2,1-2H3. The van der Waals surface area contributed by atoms with Gasteiger partial charge >= 0.3 is 0 Å². The summed E-state index contributed by atoms with van der Waals surface area (Å²) in [5.74, 6) is 0. The number of nitrogens with zero attached hydrogens (tertiary/aromatic N) is 1. The molecule has 0 saturated heterocycles. The molecule has 0 spiro atoms. The van der Waals surface area contributed by atoms with Crippen molar-refractivity contribution in [3.63, 3.8) is 0 Å². The van der Waals surface area contributed by atoms with Gasteiger partial charge in [0, 0.05) is 22.5 Å². The quantitative estimate of drug-likeness (QED) is 0.452. The fraction of sp³-hybridized carbons (Fsp3) is 0.222. The fourth-order valence-electron chi connectivity index (χ4n) is 3.55. The van der Waals surface area contributed by atoms with Gasteiger partial charge in [-0.3, -0.25) is 0 Å². The van der Waals surface area contributed by atoms with Crippen LogP contribution in [0.1, 0.15) is 23.6 Å². The minimum absolute atomic E-state index is 0.858. The van der Waals surface area contributed by atoms with Crippen LogP contribution in [-0.4, -0.2) is 4.57 Å². The van der Waals surface area contributed by atoms with E-state index in [0.29, 0.717) is 0 Å². The maximum Gasteiger partial charge on any atom is 0.0536 e. The molecule has 1 aliphatic rings. The lowest BCUT2D eigenvalue weighted by Crippen LogP contribution is -1.94. The number of hydrogen-bond donors (Lipinski definition) is 0. The zero-order chi connectivity index (χ0) is 13.9. The average molecular weight is 282 g/mol. The molecule has 3 aromatic rings. The van der Waals surface area contributed by atoms with Crippen LogP contribution in [0.5, 0.6) is 0 Å². The first-order chi connectivity index (χ1) is 9.72. The molecule has 2 heteroatoms. The van der Waals surface area contributed by atoms with E-state index in [1.165, 1.54) is 38.9 Å². The topological polar surface area (TPSA) is 4.93 Å². The van der Waals surface area contributed by atoms with E-state index in [-0.39, 0.29) is 0 Å². The van der Waals surface area contributed by atoms with E-state index >= 15 is 0 Å². The van der Waals surface area contributed by atoms with E-state index < -0.39 is 0 Å². The molecule has 0 atom stereocenters. The third kappa shape index (κ3) is 1.39. The first-order valence-corrected chi connectivity index (χ1v) is 7.48. The highest BCUT2D eigenvalue weighted by molar-refractivity contribution is 6.32. The van der Waals surface area contributed by atoms with E-state index in [1.54, 1.807) is 0 Å². The number of aromatic nitrogens is 1. The van der Waals surface area contributed by atoms with Crippen molar-refractivity contribution in [1.82, 2.24) is 4.57 Å². The first-order valence-electron chi connectivity index (χ1n) is 7.10. The minimum atomic E-state index is 0.858. The highest BCUT2D eigenvalue weighted by Crippen LogP contribution is 2.43. The molecule has 2 heterocycles. The molecule has 20 heavy (non-hydrogen) atoms. The van der Waals surface area contributed by atoms with E-state index in [1.807, 2.05) is 6.07 Å². The lowest BCUT2D eigenvalue weighted by molar-refractivity contribution is 0.879. The molecule has 0 saturated carbocycles. The van der Waals surface area contributed by atoms with E-state index in [2.05, 4.69) is 48.7 Å². The molecule has 0 fully saturated rings. The van der Waals surface area contributed by atoms with Gasteiger partial charge in [0.2, 0.25) is 0 Å². The lowest BCUT2D eigenvalue weighted by Gasteiger charge is -2.06. The Hall–Kier alpha value is -1.73. The summed E-state index contributed by atoms with van der Waals surface area (Å²) in [6.45, 7) is 5.32. The number of hydrogen-bond acceptors (Lipinski definition) is 0. The van der Waals surface area contributed by atoms with Gasteiger partial charge in [-0.25, -0.2) is 0 Å². The van der Waals surface area contributed by atoms with E-state index in [9.17, 15) is 0 Å². The highest BCUT2D eigenvalue weighted by Gasteiger charge is 2.26. The molecule has 1 aromatic heterocycles. The van der Waals surface area contributed by atoms with Gasteiger partial charge in [-0.1, -0.05) is 48.9 Å². The van der Waals surface area contributed by atoms with Gasteiger partial charge in [-0.05, 0) is 36.1 Å². The van der Waals surface area contributed by atoms with Gasteiger partial charge in [0.15, 0.2) is 0 Å². The second kappa shape index (κ2) is 4.13. The monoisotopic (exact) mass is 281 g/mol. The Morgan fingerprint density at radius 3 is 2.75 bits per heavy atom. The van der Waals surface area contributed by atoms with Crippen molar-refractivity contribution < 1.29 is 0 Å². The Kier molecular flexibility index (Phi) is 2.49. The average Bonchev–Trinajstić information content (AvgIpc) is 2.97. The fourth-order valence-corrected chi connectivity index (χ4v) is 3.71. The summed E-state index contributed by atoms with van der Waals surface area (Å²) in [4.78, 5) is 0. The van der Waals surface area contributed by atoms with Gasteiger partial charge in [0.1, 0.15) is 0 Å². The highest BCUT2D eigenvalue weighted by atomic mass is 35.5. The van der Waals surface area contributed by atoms with Crippen LogP contribution in [-0.2, 0) is 13.0 Å². The molecular weight excluding hydrogens is 266 g/mol. The van der Waals surface area contributed by atoms with Crippen molar-refractivity contribution in [2.45, 2.75) is 26.8 Å². The first kappa shape index (κ1) is 12.0. The molecule has 100 valence electrons. The summed E-state index contributed by atoms with van der Waals surface area (Å²) < 4.78 is 2.44. The molecule has 1 aliphatic heterocycles. The van der Waals surface area contributed by atoms with E-state index in [0.717, 1.165) is 18.0 Å². The normalized spacial score (nSPS) is 12.8. The van der Waals surface area contributed by atoms with Crippen molar-refractivity contribution in [2.75, 3.05) is 0 Å². The zero-order valence-corrected chi connectivity index (χ0v) is 12.5. The number of aryl methyl sites for hydroxylation is 2. The van der Waals surface area contributed by atoms with E-state index in [4.69, 9.17) is 11.6 Å². The van der Waals surface area contributed by atoms with Gasteiger partial charge in [0.25, 0.3) is 0 Å². The van der Waals surface area contributed by atoms with Crippen molar-refractivity contribution in [1.29, 1.82) is 0 Å². The third-order valence-electron chi connectivity index (χ3n) is 4.47. The van der Waals surface area contributed by atoms with Crippen LogP contribution in [0.25, 0.3) is 22.2 Å². The van der Waals surface area contributed by atoms with Crippen molar-refractivity contribution in [3.8, 4) is 11.3 Å². The summed E-state index contributed by atoms with van der Waals surface area (Å²) in [7, 11) is 0. The second-order valence-electron chi connectivity index (χ2n) is 5.49. The molecule has 0 aliphatic carbocycles. The smallest absolute Gasteiger partial charge is 0.0536 e. The van der Waals surface area contributed by atoms with Gasteiger partial charge in [-0.15, -0.1) is 0 Å². The maximum absolute atomic E-state index is 6.34. The molecule has 0 amide bonds. The molecule has 0 N–H and O–H groups in total. The van der Waals surface area contributed by atoms with Crippen LogP contribution in [0, 0.1) is 6.92 Å². The maximum atomic E-state index is 6.34.